The number of nitrogens with zero attached hydrogens (tertiary/aromatic N) is 4. The molecule has 164 valence electrons. The first-order valence-corrected chi connectivity index (χ1v) is 10.4. The molecule has 1 aliphatic heterocycles. The molecule has 0 saturated carbocycles. The average Bonchev–Trinajstić information content (AvgIpc) is 3.30. The highest BCUT2D eigenvalue weighted by Gasteiger charge is 2.33. The van der Waals surface area contributed by atoms with Gasteiger partial charge in [0.2, 0.25) is 11.7 Å². The van der Waals surface area contributed by atoms with Crippen molar-refractivity contribution in [1.29, 1.82) is 0 Å². The van der Waals surface area contributed by atoms with Crippen LogP contribution in [0.1, 0.15) is 16.2 Å². The van der Waals surface area contributed by atoms with E-state index in [0.29, 0.717) is 31.6 Å². The maximum Gasteiger partial charge on any atom is 0.291 e. The van der Waals surface area contributed by atoms with E-state index in [1.54, 1.807) is 34.1 Å². The van der Waals surface area contributed by atoms with Crippen LogP contribution < -0.4 is 0 Å². The molecule has 8 heteroatoms. The molecule has 2 aromatic carbocycles. The van der Waals surface area contributed by atoms with E-state index in [4.69, 9.17) is 0 Å². The van der Waals surface area contributed by atoms with Gasteiger partial charge in [-0.3, -0.25) is 14.7 Å². The molecule has 0 bridgehead atoms. The highest BCUT2D eigenvalue weighted by molar-refractivity contribution is 5.91. The molecule has 2 amide bonds. The fourth-order valence-corrected chi connectivity index (χ4v) is 3.98. The topological polar surface area (TPSA) is 82.2 Å². The van der Waals surface area contributed by atoms with Gasteiger partial charge in [0.25, 0.3) is 5.91 Å². The Morgan fingerprint density at radius 1 is 1.19 bits per heavy atom. The first-order valence-electron chi connectivity index (χ1n) is 10.4. The molecule has 32 heavy (non-hydrogen) atoms. The number of hydrogen-bond donors (Lipinski definition) is 1. The number of carbonyl (C=O) groups excluding carboxylic acids is 2. The van der Waals surface area contributed by atoms with Crippen molar-refractivity contribution in [2.75, 3.05) is 26.2 Å². The van der Waals surface area contributed by atoms with E-state index < -0.39 is 5.92 Å². The van der Waals surface area contributed by atoms with Crippen LogP contribution in [-0.4, -0.2) is 63.0 Å². The van der Waals surface area contributed by atoms with Crippen LogP contribution in [0.5, 0.6) is 0 Å². The van der Waals surface area contributed by atoms with Crippen molar-refractivity contribution in [3.8, 4) is 11.1 Å². The lowest BCUT2D eigenvalue weighted by molar-refractivity contribution is -0.134. The second-order valence-corrected chi connectivity index (χ2v) is 7.74. The van der Waals surface area contributed by atoms with Crippen LogP contribution in [0.15, 0.2) is 67.5 Å². The minimum absolute atomic E-state index is 0.0176. The van der Waals surface area contributed by atoms with Crippen LogP contribution in [0.4, 0.5) is 4.39 Å². The standard InChI is InChI=1S/C24H24FN5O2/c1-2-11-29-12-13-30(24(32)22-26-16-27-28-22)15-19(23(29)31)14-17-7-9-18(10-8-17)20-5-3-4-6-21(20)25/h2-10,16,19H,1,11-15H2,(H,26,27,28)/t19-/m0/s1. The molecular formula is C24H24FN5O2. The molecule has 1 aromatic heterocycles. The first kappa shape index (κ1) is 21.4. The van der Waals surface area contributed by atoms with Gasteiger partial charge >= 0.3 is 0 Å². The maximum absolute atomic E-state index is 14.1. The van der Waals surface area contributed by atoms with Crippen LogP contribution in [0.3, 0.4) is 0 Å². The molecule has 4 rings (SSSR count). The van der Waals surface area contributed by atoms with Crippen LogP contribution >= 0.6 is 0 Å². The van der Waals surface area contributed by atoms with Crippen LogP contribution in [0.2, 0.25) is 0 Å². The van der Waals surface area contributed by atoms with E-state index in [2.05, 4.69) is 21.8 Å². The number of amides is 2. The van der Waals surface area contributed by atoms with E-state index in [1.807, 2.05) is 24.3 Å². The molecule has 1 saturated heterocycles. The quantitative estimate of drug-likeness (QED) is 0.606. The van der Waals surface area contributed by atoms with E-state index >= 15 is 0 Å². The maximum atomic E-state index is 14.1. The number of aromatic nitrogens is 3. The average molecular weight is 433 g/mol. The van der Waals surface area contributed by atoms with Gasteiger partial charge in [-0.25, -0.2) is 9.37 Å². The van der Waals surface area contributed by atoms with Gasteiger partial charge in [-0.2, -0.15) is 5.10 Å². The summed E-state index contributed by atoms with van der Waals surface area (Å²) < 4.78 is 14.1. The monoisotopic (exact) mass is 433 g/mol. The van der Waals surface area contributed by atoms with Crippen molar-refractivity contribution in [2.45, 2.75) is 6.42 Å². The number of aromatic amines is 1. The summed E-state index contributed by atoms with van der Waals surface area (Å²) in [6, 6.07) is 14.1. The lowest BCUT2D eigenvalue weighted by Gasteiger charge is -2.23. The van der Waals surface area contributed by atoms with Crippen molar-refractivity contribution in [3.05, 3.63) is 84.7 Å². The molecule has 0 radical (unpaired) electrons. The Hall–Kier alpha value is -3.81. The highest BCUT2D eigenvalue weighted by Crippen LogP contribution is 2.24. The summed E-state index contributed by atoms with van der Waals surface area (Å²) in [5, 5.41) is 6.34. The first-order chi connectivity index (χ1) is 15.6. The number of halogens is 1. The molecule has 1 atom stereocenters. The van der Waals surface area contributed by atoms with Gasteiger partial charge in [0.05, 0.1) is 5.92 Å². The predicted octanol–water partition coefficient (Wildman–Crippen LogP) is 2.94. The van der Waals surface area contributed by atoms with E-state index in [-0.39, 0.29) is 30.0 Å². The summed E-state index contributed by atoms with van der Waals surface area (Å²) >= 11 is 0. The molecule has 7 nitrogen and oxygen atoms in total. The molecular weight excluding hydrogens is 409 g/mol. The van der Waals surface area contributed by atoms with Crippen LogP contribution in [-0.2, 0) is 11.2 Å². The van der Waals surface area contributed by atoms with Gasteiger partial charge in [-0.05, 0) is 23.6 Å². The smallest absolute Gasteiger partial charge is 0.291 e. The molecule has 0 aliphatic carbocycles. The molecule has 1 aliphatic rings. The van der Waals surface area contributed by atoms with E-state index in [9.17, 15) is 14.0 Å². The van der Waals surface area contributed by atoms with Gasteiger partial charge in [0.1, 0.15) is 12.1 Å². The molecule has 2 heterocycles. The van der Waals surface area contributed by atoms with Crippen molar-refractivity contribution >= 4 is 11.8 Å². The molecule has 3 aromatic rings. The van der Waals surface area contributed by atoms with Crippen molar-refractivity contribution in [3.63, 3.8) is 0 Å². The zero-order chi connectivity index (χ0) is 22.5. The number of H-pyrrole nitrogens is 1. The van der Waals surface area contributed by atoms with Gasteiger partial charge < -0.3 is 9.80 Å². The number of rotatable bonds is 6. The summed E-state index contributed by atoms with van der Waals surface area (Å²) in [7, 11) is 0. The number of benzene rings is 2. The fraction of sp³-hybridized carbons (Fsp3) is 0.250. The van der Waals surface area contributed by atoms with Crippen LogP contribution in [0.25, 0.3) is 11.1 Å². The molecule has 0 spiro atoms. The van der Waals surface area contributed by atoms with Crippen molar-refractivity contribution in [1.82, 2.24) is 25.0 Å². The zero-order valence-corrected chi connectivity index (χ0v) is 17.6. The Morgan fingerprint density at radius 3 is 2.66 bits per heavy atom. The third kappa shape index (κ3) is 4.59. The molecule has 1 fully saturated rings. The Kier molecular flexibility index (Phi) is 6.39. The summed E-state index contributed by atoms with van der Waals surface area (Å²) in [5.41, 5.74) is 2.25. The second kappa shape index (κ2) is 9.55. The Labute approximate surface area is 185 Å². The van der Waals surface area contributed by atoms with Crippen molar-refractivity contribution in [2.24, 2.45) is 5.92 Å². The van der Waals surface area contributed by atoms with Gasteiger partial charge in [0, 0.05) is 31.7 Å². The zero-order valence-electron chi connectivity index (χ0n) is 17.6. The number of nitrogens with one attached hydrogen (secondary N) is 1. The van der Waals surface area contributed by atoms with Gasteiger partial charge in [-0.15, -0.1) is 6.58 Å². The van der Waals surface area contributed by atoms with E-state index in [0.717, 1.165) is 11.1 Å². The second-order valence-electron chi connectivity index (χ2n) is 7.74. The third-order valence-corrected chi connectivity index (χ3v) is 5.62. The fourth-order valence-electron chi connectivity index (χ4n) is 3.98. The SMILES string of the molecule is C=CCN1CCN(C(=O)c2ncn[nH]2)C[C@H](Cc2ccc(-c3ccccc3F)cc2)C1=O. The summed E-state index contributed by atoms with van der Waals surface area (Å²) in [5.74, 6) is -0.835. The Bertz CT molecular complexity index is 1100. The predicted molar refractivity (Wildman–Crippen MR) is 118 cm³/mol. The largest absolute Gasteiger partial charge is 0.337 e. The minimum Gasteiger partial charge on any atom is -0.337 e. The normalized spacial score (nSPS) is 16.7. The lowest BCUT2D eigenvalue weighted by Crippen LogP contribution is -2.38. The summed E-state index contributed by atoms with van der Waals surface area (Å²) in [6.07, 6.45) is 3.44. The summed E-state index contributed by atoms with van der Waals surface area (Å²) in [4.78, 5) is 33.3. The number of hydrogen-bond acceptors (Lipinski definition) is 4. The van der Waals surface area contributed by atoms with Crippen LogP contribution in [0, 0.1) is 11.7 Å². The van der Waals surface area contributed by atoms with E-state index in [1.165, 1.54) is 12.4 Å². The lowest BCUT2D eigenvalue weighted by atomic mass is 9.95. The third-order valence-electron chi connectivity index (χ3n) is 5.62. The molecule has 0 unspecified atom stereocenters. The van der Waals surface area contributed by atoms with Crippen molar-refractivity contribution < 1.29 is 14.0 Å². The van der Waals surface area contributed by atoms with Gasteiger partial charge in [0.15, 0.2) is 0 Å². The number of carbonyl (C=O) groups is 2. The highest BCUT2D eigenvalue weighted by atomic mass is 19.1. The van der Waals surface area contributed by atoms with Gasteiger partial charge in [-0.1, -0.05) is 48.5 Å². The Balaban J connectivity index is 1.55. The minimum atomic E-state index is -0.413. The Morgan fingerprint density at radius 2 is 1.97 bits per heavy atom. The summed E-state index contributed by atoms with van der Waals surface area (Å²) in [6.45, 7) is 5.27. The molecule has 1 N–H and O–H groups in total.